The zero-order valence-electron chi connectivity index (χ0n) is 10.0. The van der Waals surface area contributed by atoms with Gasteiger partial charge >= 0.3 is 0 Å². The molecule has 1 aliphatic rings. The summed E-state index contributed by atoms with van der Waals surface area (Å²) in [5, 5.41) is 7.25. The summed E-state index contributed by atoms with van der Waals surface area (Å²) in [5.74, 6) is 0. The Morgan fingerprint density at radius 3 is 2.61 bits per heavy atom. The average molecular weight is 308 g/mol. The van der Waals surface area contributed by atoms with Gasteiger partial charge in [-0.15, -0.1) is 10.2 Å². The van der Waals surface area contributed by atoms with Gasteiger partial charge in [-0.05, 0) is 19.1 Å². The molecule has 0 bridgehead atoms. The summed E-state index contributed by atoms with van der Waals surface area (Å²) in [5.41, 5.74) is 5.39. The van der Waals surface area contributed by atoms with Crippen molar-refractivity contribution in [3.8, 4) is 0 Å². The molecule has 0 amide bonds. The fourth-order valence-corrected chi connectivity index (χ4v) is 5.05. The molecule has 1 heterocycles. The number of nitrogens with zero attached hydrogens (tertiary/aromatic N) is 2. The van der Waals surface area contributed by atoms with Crippen molar-refractivity contribution in [2.45, 2.75) is 34.8 Å². The van der Waals surface area contributed by atoms with Crippen LogP contribution in [0.25, 0.3) is 0 Å². The van der Waals surface area contributed by atoms with Gasteiger partial charge in [0.15, 0.2) is 0 Å². The number of rotatable bonds is 5. The van der Waals surface area contributed by atoms with Gasteiger partial charge in [0.1, 0.15) is 0 Å². The third kappa shape index (κ3) is 2.95. The van der Waals surface area contributed by atoms with Crippen LogP contribution < -0.4 is 10.5 Å². The van der Waals surface area contributed by atoms with Crippen molar-refractivity contribution < 1.29 is 8.42 Å². The average Bonchev–Trinajstić information content (AvgIpc) is 2.96. The highest BCUT2D eigenvalue weighted by atomic mass is 32.2. The molecular weight excluding hydrogens is 292 g/mol. The van der Waals surface area contributed by atoms with Crippen LogP contribution in [0, 0.1) is 0 Å². The lowest BCUT2D eigenvalue weighted by Crippen LogP contribution is -2.38. The Balaban J connectivity index is 2.05. The maximum atomic E-state index is 12.0. The van der Waals surface area contributed by atoms with E-state index >= 15 is 0 Å². The highest BCUT2D eigenvalue weighted by Gasteiger charge is 2.34. The van der Waals surface area contributed by atoms with Crippen LogP contribution in [0.4, 0.5) is 5.13 Å². The Labute approximate surface area is 115 Å². The van der Waals surface area contributed by atoms with Crippen molar-refractivity contribution >= 4 is 38.3 Å². The van der Waals surface area contributed by atoms with Crippen LogP contribution in [0.5, 0.6) is 0 Å². The van der Waals surface area contributed by atoms with Crippen molar-refractivity contribution in [2.24, 2.45) is 0 Å². The first-order valence-corrected chi connectivity index (χ1v) is 9.14. The summed E-state index contributed by atoms with van der Waals surface area (Å²) in [6.07, 6.45) is 6.45. The number of hydrogen-bond donors (Lipinski definition) is 2. The van der Waals surface area contributed by atoms with Gasteiger partial charge < -0.3 is 5.73 Å². The molecule has 1 aromatic rings. The van der Waals surface area contributed by atoms with E-state index in [9.17, 15) is 8.42 Å². The van der Waals surface area contributed by atoms with Crippen LogP contribution in [0.15, 0.2) is 4.34 Å². The van der Waals surface area contributed by atoms with E-state index in [0.717, 1.165) is 37.0 Å². The second-order valence-electron chi connectivity index (χ2n) is 4.33. The molecule has 6 nitrogen and oxygen atoms in total. The lowest BCUT2D eigenvalue weighted by Gasteiger charge is -2.26. The van der Waals surface area contributed by atoms with Crippen LogP contribution in [0.3, 0.4) is 0 Å². The minimum Gasteiger partial charge on any atom is -0.374 e. The molecule has 0 spiro atoms. The predicted octanol–water partition coefficient (Wildman–Crippen LogP) is 1.07. The van der Waals surface area contributed by atoms with Crippen molar-refractivity contribution in [1.29, 1.82) is 0 Å². The van der Waals surface area contributed by atoms with E-state index in [0.29, 0.717) is 6.54 Å². The molecule has 0 atom stereocenters. The lowest BCUT2D eigenvalue weighted by atomic mass is 10.1. The van der Waals surface area contributed by atoms with E-state index in [1.54, 1.807) is 11.8 Å². The van der Waals surface area contributed by atoms with Gasteiger partial charge in [-0.1, -0.05) is 24.2 Å². The Bertz CT molecular complexity index is 508. The van der Waals surface area contributed by atoms with Crippen molar-refractivity contribution in [2.75, 3.05) is 18.5 Å². The number of thioether (sulfide) groups is 1. The van der Waals surface area contributed by atoms with Crippen LogP contribution in [0.2, 0.25) is 0 Å². The van der Waals surface area contributed by atoms with Crippen LogP contribution in [0.1, 0.15) is 25.7 Å². The van der Waals surface area contributed by atoms with Crippen molar-refractivity contribution in [3.63, 3.8) is 0 Å². The number of hydrogen-bond acceptors (Lipinski definition) is 7. The van der Waals surface area contributed by atoms with E-state index in [2.05, 4.69) is 14.9 Å². The fraction of sp³-hybridized carbons (Fsp3) is 0.778. The highest BCUT2D eigenvalue weighted by Crippen LogP contribution is 2.39. The molecule has 3 N–H and O–H groups in total. The van der Waals surface area contributed by atoms with Crippen molar-refractivity contribution in [3.05, 3.63) is 0 Å². The van der Waals surface area contributed by atoms with Gasteiger partial charge in [-0.2, -0.15) is 11.8 Å². The summed E-state index contributed by atoms with van der Waals surface area (Å²) in [4.78, 5) is 0. The van der Waals surface area contributed by atoms with E-state index in [-0.39, 0.29) is 14.2 Å². The van der Waals surface area contributed by atoms with Crippen LogP contribution in [-0.4, -0.2) is 36.2 Å². The van der Waals surface area contributed by atoms with E-state index in [1.807, 2.05) is 6.26 Å². The standard InChI is InChI=1S/C9H16N4O2S3/c1-16-9(4-2-3-5-9)6-11-18(14,15)8-13-12-7(10)17-8/h11H,2-6H2,1H3,(H2,10,12). The topological polar surface area (TPSA) is 98.0 Å². The van der Waals surface area contributed by atoms with E-state index in [4.69, 9.17) is 5.73 Å². The second kappa shape index (κ2) is 5.32. The highest BCUT2D eigenvalue weighted by molar-refractivity contribution is 8.00. The summed E-state index contributed by atoms with van der Waals surface area (Å²) in [6.45, 7) is 0.440. The molecule has 0 saturated heterocycles. The zero-order chi connectivity index (χ0) is 13.2. The number of sulfonamides is 1. The third-order valence-electron chi connectivity index (χ3n) is 3.18. The summed E-state index contributed by atoms with van der Waals surface area (Å²) in [7, 11) is -3.57. The van der Waals surface area contributed by atoms with Gasteiger partial charge in [0, 0.05) is 11.3 Å². The lowest BCUT2D eigenvalue weighted by molar-refractivity contribution is 0.550. The first-order chi connectivity index (χ1) is 8.47. The molecule has 1 aliphatic carbocycles. The zero-order valence-corrected chi connectivity index (χ0v) is 12.5. The molecule has 0 aromatic carbocycles. The maximum absolute atomic E-state index is 12.0. The third-order valence-corrected chi connectivity index (χ3v) is 7.12. The number of aromatic nitrogens is 2. The Morgan fingerprint density at radius 1 is 1.44 bits per heavy atom. The second-order valence-corrected chi connectivity index (χ2v) is 8.55. The quantitative estimate of drug-likeness (QED) is 0.844. The first-order valence-electron chi connectivity index (χ1n) is 5.61. The van der Waals surface area contributed by atoms with Gasteiger partial charge in [-0.3, -0.25) is 0 Å². The molecule has 1 aromatic heterocycles. The molecule has 9 heteroatoms. The molecule has 1 fully saturated rings. The Hall–Kier alpha value is -0.380. The maximum Gasteiger partial charge on any atom is 0.269 e. The van der Waals surface area contributed by atoms with Gasteiger partial charge in [0.05, 0.1) is 0 Å². The molecule has 18 heavy (non-hydrogen) atoms. The minimum atomic E-state index is -3.57. The Morgan fingerprint density at radius 2 is 2.11 bits per heavy atom. The SMILES string of the molecule is CSC1(CNS(=O)(=O)c2nnc(N)s2)CCCC1. The summed E-state index contributed by atoms with van der Waals surface area (Å²) in [6, 6.07) is 0. The van der Waals surface area contributed by atoms with Crippen molar-refractivity contribution in [1.82, 2.24) is 14.9 Å². The summed E-state index contributed by atoms with van der Waals surface area (Å²) >= 11 is 2.62. The molecule has 0 radical (unpaired) electrons. The number of nitrogen functional groups attached to an aromatic ring is 1. The van der Waals surface area contributed by atoms with Gasteiger partial charge in [0.2, 0.25) is 9.47 Å². The van der Waals surface area contributed by atoms with Crippen LogP contribution >= 0.6 is 23.1 Å². The normalized spacial score (nSPS) is 19.2. The minimum absolute atomic E-state index is 0.0311. The number of nitrogens with one attached hydrogen (secondary N) is 1. The number of nitrogens with two attached hydrogens (primary N) is 1. The molecule has 1 saturated carbocycles. The van der Waals surface area contributed by atoms with E-state index in [1.165, 1.54) is 0 Å². The predicted molar refractivity (Wildman–Crippen MR) is 74.2 cm³/mol. The largest absolute Gasteiger partial charge is 0.374 e. The van der Waals surface area contributed by atoms with E-state index < -0.39 is 10.0 Å². The molecule has 0 aliphatic heterocycles. The molecule has 0 unspecified atom stereocenters. The summed E-state index contributed by atoms with van der Waals surface area (Å²) < 4.78 is 26.6. The Kier molecular flexibility index (Phi) is 4.15. The van der Waals surface area contributed by atoms with Gasteiger partial charge in [0.25, 0.3) is 10.0 Å². The first kappa shape index (κ1) is 14.0. The monoisotopic (exact) mass is 308 g/mol. The molecule has 102 valence electrons. The van der Waals surface area contributed by atoms with Gasteiger partial charge in [-0.25, -0.2) is 13.1 Å². The van der Waals surface area contributed by atoms with Crippen LogP contribution in [-0.2, 0) is 10.0 Å². The smallest absolute Gasteiger partial charge is 0.269 e. The molecular formula is C9H16N4O2S3. The molecule has 2 rings (SSSR count). The fourth-order valence-electron chi connectivity index (χ4n) is 2.09. The number of anilines is 1.